The van der Waals surface area contributed by atoms with Crippen LogP contribution in [0.2, 0.25) is 0 Å². The molecule has 1 aliphatic heterocycles. The fraction of sp³-hybridized carbons (Fsp3) is 0.188. The Morgan fingerprint density at radius 3 is 3.05 bits per heavy atom. The van der Waals surface area contributed by atoms with Crippen molar-refractivity contribution < 1.29 is 0 Å². The topological polar surface area (TPSA) is 28.7 Å². The Morgan fingerprint density at radius 1 is 1.30 bits per heavy atom. The minimum Gasteiger partial charge on any atom is -0.341 e. The van der Waals surface area contributed by atoms with Gasteiger partial charge in [0.15, 0.2) is 0 Å². The first-order valence-corrected chi connectivity index (χ1v) is 8.38. The summed E-state index contributed by atoms with van der Waals surface area (Å²) in [6.07, 6.45) is 0. The molecule has 100 valence electrons. The zero-order valence-corrected chi connectivity index (χ0v) is 13.4. The van der Waals surface area contributed by atoms with Crippen molar-refractivity contribution in [2.24, 2.45) is 0 Å². The second-order valence-electron chi connectivity index (χ2n) is 5.14. The van der Waals surface area contributed by atoms with Gasteiger partial charge in [0.05, 0.1) is 17.0 Å². The number of aromatic amines is 1. The van der Waals surface area contributed by atoms with Crippen molar-refractivity contribution in [1.82, 2.24) is 9.97 Å². The van der Waals surface area contributed by atoms with Crippen LogP contribution in [0.25, 0.3) is 11.0 Å². The van der Waals surface area contributed by atoms with E-state index >= 15 is 0 Å². The van der Waals surface area contributed by atoms with Crippen molar-refractivity contribution in [3.8, 4) is 0 Å². The van der Waals surface area contributed by atoms with Gasteiger partial charge in [0.25, 0.3) is 0 Å². The Bertz CT molecular complexity index is 809. The zero-order chi connectivity index (χ0) is 13.7. The van der Waals surface area contributed by atoms with E-state index < -0.39 is 0 Å². The predicted molar refractivity (Wildman–Crippen MR) is 87.5 cm³/mol. The SMILES string of the molecule is Cc1cc(Br)cc2[nH]c(C3CSc4ccccc43)nc12. The minimum absolute atomic E-state index is 0.377. The van der Waals surface area contributed by atoms with Crippen LogP contribution in [0, 0.1) is 6.92 Å². The zero-order valence-electron chi connectivity index (χ0n) is 11.0. The van der Waals surface area contributed by atoms with Gasteiger partial charge in [0.2, 0.25) is 0 Å². The molecule has 1 unspecified atom stereocenters. The first-order chi connectivity index (χ1) is 9.72. The average molecular weight is 345 g/mol. The quantitative estimate of drug-likeness (QED) is 0.682. The van der Waals surface area contributed by atoms with Gasteiger partial charge in [-0.15, -0.1) is 11.8 Å². The largest absolute Gasteiger partial charge is 0.341 e. The standard InChI is InChI=1S/C16H13BrN2S/c1-9-6-10(17)7-13-15(9)19-16(18-13)12-8-20-14-5-3-2-4-11(12)14/h2-7,12H,8H2,1H3,(H,18,19). The molecule has 0 saturated heterocycles. The summed E-state index contributed by atoms with van der Waals surface area (Å²) in [6, 6.07) is 12.9. The summed E-state index contributed by atoms with van der Waals surface area (Å²) in [6.45, 7) is 2.11. The molecule has 0 fully saturated rings. The normalized spacial score (nSPS) is 17.6. The van der Waals surface area contributed by atoms with Gasteiger partial charge in [-0.3, -0.25) is 0 Å². The van der Waals surface area contributed by atoms with Crippen LogP contribution in [0.5, 0.6) is 0 Å². The number of H-pyrrole nitrogens is 1. The van der Waals surface area contributed by atoms with E-state index in [1.165, 1.54) is 16.0 Å². The third kappa shape index (κ3) is 1.90. The molecule has 0 radical (unpaired) electrons. The number of nitrogens with one attached hydrogen (secondary N) is 1. The molecule has 3 aromatic rings. The van der Waals surface area contributed by atoms with E-state index in [0.29, 0.717) is 5.92 Å². The molecule has 1 atom stereocenters. The highest BCUT2D eigenvalue weighted by atomic mass is 79.9. The summed E-state index contributed by atoms with van der Waals surface area (Å²) < 4.78 is 1.10. The van der Waals surface area contributed by atoms with E-state index in [2.05, 4.69) is 64.2 Å². The molecule has 4 rings (SSSR count). The molecule has 4 heteroatoms. The second kappa shape index (κ2) is 4.64. The Morgan fingerprint density at radius 2 is 2.15 bits per heavy atom. The van der Waals surface area contributed by atoms with Crippen LogP contribution < -0.4 is 0 Å². The lowest BCUT2D eigenvalue weighted by Gasteiger charge is -2.06. The summed E-state index contributed by atoms with van der Waals surface area (Å²) in [5.41, 5.74) is 4.79. The molecule has 20 heavy (non-hydrogen) atoms. The van der Waals surface area contributed by atoms with Crippen LogP contribution in [0.1, 0.15) is 22.9 Å². The van der Waals surface area contributed by atoms with Gasteiger partial charge in [-0.2, -0.15) is 0 Å². The van der Waals surface area contributed by atoms with E-state index in [0.717, 1.165) is 27.1 Å². The molecule has 2 heterocycles. The molecular formula is C16H13BrN2S. The first-order valence-electron chi connectivity index (χ1n) is 6.60. The lowest BCUT2D eigenvalue weighted by molar-refractivity contribution is 0.858. The number of nitrogens with zero attached hydrogens (tertiary/aromatic N) is 1. The molecule has 2 nitrogen and oxygen atoms in total. The molecule has 0 bridgehead atoms. The first kappa shape index (κ1) is 12.5. The maximum Gasteiger partial charge on any atom is 0.115 e. The van der Waals surface area contributed by atoms with Gasteiger partial charge >= 0.3 is 0 Å². The lowest BCUT2D eigenvalue weighted by Crippen LogP contribution is -2.01. The van der Waals surface area contributed by atoms with Crippen LogP contribution in [0.4, 0.5) is 0 Å². The van der Waals surface area contributed by atoms with E-state index in [1.54, 1.807) is 0 Å². The molecule has 0 spiro atoms. The highest BCUT2D eigenvalue weighted by molar-refractivity contribution is 9.10. The smallest absolute Gasteiger partial charge is 0.115 e. The number of halogens is 1. The van der Waals surface area contributed by atoms with Crippen molar-refractivity contribution in [2.45, 2.75) is 17.7 Å². The molecular weight excluding hydrogens is 332 g/mol. The summed E-state index contributed by atoms with van der Waals surface area (Å²) in [4.78, 5) is 9.74. The molecule has 1 aromatic heterocycles. The van der Waals surface area contributed by atoms with Gasteiger partial charge in [-0.1, -0.05) is 34.1 Å². The van der Waals surface area contributed by atoms with Crippen LogP contribution in [-0.4, -0.2) is 15.7 Å². The highest BCUT2D eigenvalue weighted by Crippen LogP contribution is 2.42. The number of imidazole rings is 1. The number of aromatic nitrogens is 2. The Kier molecular flexibility index (Phi) is 2.89. The predicted octanol–water partition coefficient (Wildman–Crippen LogP) is 4.87. The molecule has 2 aromatic carbocycles. The van der Waals surface area contributed by atoms with Crippen molar-refractivity contribution in [2.75, 3.05) is 5.75 Å². The van der Waals surface area contributed by atoms with Crippen LogP contribution in [-0.2, 0) is 0 Å². The van der Waals surface area contributed by atoms with Crippen LogP contribution in [0.15, 0.2) is 45.8 Å². The summed E-state index contributed by atoms with van der Waals surface area (Å²) in [7, 11) is 0. The minimum atomic E-state index is 0.377. The highest BCUT2D eigenvalue weighted by Gasteiger charge is 2.26. The molecule has 1 aliphatic rings. The Hall–Kier alpha value is -1.26. The van der Waals surface area contributed by atoms with Crippen LogP contribution in [0.3, 0.4) is 0 Å². The third-order valence-corrected chi connectivity index (χ3v) is 5.43. The Labute approximate surface area is 130 Å². The van der Waals surface area contributed by atoms with Crippen molar-refractivity contribution in [1.29, 1.82) is 0 Å². The summed E-state index contributed by atoms with van der Waals surface area (Å²) in [5.74, 6) is 2.53. The van der Waals surface area contributed by atoms with Gasteiger partial charge in [0, 0.05) is 15.1 Å². The van der Waals surface area contributed by atoms with E-state index in [4.69, 9.17) is 4.98 Å². The number of hydrogen-bond acceptors (Lipinski definition) is 2. The summed E-state index contributed by atoms with van der Waals surface area (Å²) in [5, 5.41) is 0. The third-order valence-electron chi connectivity index (χ3n) is 3.79. The van der Waals surface area contributed by atoms with Gasteiger partial charge < -0.3 is 4.98 Å². The van der Waals surface area contributed by atoms with Gasteiger partial charge in [-0.05, 0) is 36.2 Å². The van der Waals surface area contributed by atoms with Gasteiger partial charge in [-0.25, -0.2) is 4.98 Å². The number of fused-ring (bicyclic) bond motifs is 2. The number of aryl methyl sites for hydroxylation is 1. The maximum absolute atomic E-state index is 4.84. The number of hydrogen-bond donors (Lipinski definition) is 1. The van der Waals surface area contributed by atoms with Crippen molar-refractivity contribution in [3.05, 3.63) is 57.8 Å². The van der Waals surface area contributed by atoms with Gasteiger partial charge in [0.1, 0.15) is 5.82 Å². The van der Waals surface area contributed by atoms with E-state index in [-0.39, 0.29) is 0 Å². The fourth-order valence-corrected chi connectivity index (χ4v) is 4.63. The number of benzene rings is 2. The second-order valence-corrected chi connectivity index (χ2v) is 7.12. The fourth-order valence-electron chi connectivity index (χ4n) is 2.82. The molecule has 0 amide bonds. The monoisotopic (exact) mass is 344 g/mol. The van der Waals surface area contributed by atoms with Crippen molar-refractivity contribution in [3.63, 3.8) is 0 Å². The van der Waals surface area contributed by atoms with Crippen molar-refractivity contribution >= 4 is 38.7 Å². The maximum atomic E-state index is 4.84. The Balaban J connectivity index is 1.86. The number of thioether (sulfide) groups is 1. The van der Waals surface area contributed by atoms with E-state index in [9.17, 15) is 0 Å². The van der Waals surface area contributed by atoms with E-state index in [1.807, 2.05) is 11.8 Å². The average Bonchev–Trinajstić information content (AvgIpc) is 3.01. The molecule has 0 saturated carbocycles. The molecule has 1 N–H and O–H groups in total. The number of rotatable bonds is 1. The summed E-state index contributed by atoms with van der Waals surface area (Å²) >= 11 is 5.47. The molecule has 0 aliphatic carbocycles. The lowest BCUT2D eigenvalue weighted by atomic mass is 10.0. The van der Waals surface area contributed by atoms with Crippen LogP contribution >= 0.6 is 27.7 Å².